The fourth-order valence-electron chi connectivity index (χ4n) is 3.11. The summed E-state index contributed by atoms with van der Waals surface area (Å²) in [6.45, 7) is 2.06. The first kappa shape index (κ1) is 18.8. The minimum Gasteiger partial charge on any atom is -0.482 e. The molecule has 3 aromatic rings. The zero-order valence-electron chi connectivity index (χ0n) is 14.5. The van der Waals surface area contributed by atoms with Gasteiger partial charge >= 0.3 is 0 Å². The highest BCUT2D eigenvalue weighted by Gasteiger charge is 2.40. The molecule has 1 aliphatic rings. The van der Waals surface area contributed by atoms with E-state index in [0.29, 0.717) is 11.3 Å². The predicted molar refractivity (Wildman–Crippen MR) is 117 cm³/mol. The smallest absolute Gasteiger partial charge is 0.184 e. The van der Waals surface area contributed by atoms with E-state index in [-0.39, 0.29) is 17.1 Å². The highest BCUT2D eigenvalue weighted by molar-refractivity contribution is 9.11. The monoisotopic (exact) mass is 502 g/mol. The number of fused-ring (bicyclic) bond motifs is 1. The third-order valence-electron chi connectivity index (χ3n) is 4.46. The quantitative estimate of drug-likeness (QED) is 0.385. The van der Waals surface area contributed by atoms with E-state index < -0.39 is 0 Å². The number of ketones is 1. The summed E-state index contributed by atoms with van der Waals surface area (Å²) in [5, 5.41) is -0.358. The largest absolute Gasteiger partial charge is 0.482 e. The number of ether oxygens (including phenoxy) is 1. The summed E-state index contributed by atoms with van der Waals surface area (Å²) in [5.41, 5.74) is 2.80. The van der Waals surface area contributed by atoms with E-state index in [2.05, 4.69) is 63.0 Å². The van der Waals surface area contributed by atoms with Gasteiger partial charge in [0, 0.05) is 9.37 Å². The second-order valence-electron chi connectivity index (χ2n) is 6.43. The molecule has 1 heterocycles. The molecule has 136 valence electrons. The summed E-state index contributed by atoms with van der Waals surface area (Å²) < 4.78 is 8.00. The molecule has 0 saturated heterocycles. The van der Waals surface area contributed by atoms with Gasteiger partial charge in [0.2, 0.25) is 0 Å². The van der Waals surface area contributed by atoms with E-state index in [4.69, 9.17) is 4.74 Å². The summed E-state index contributed by atoms with van der Waals surface area (Å²) in [6.07, 6.45) is -0.352. The van der Waals surface area contributed by atoms with Gasteiger partial charge in [-0.1, -0.05) is 64.0 Å². The first-order valence-electron chi connectivity index (χ1n) is 8.51. The number of rotatable bonds is 3. The maximum Gasteiger partial charge on any atom is 0.184 e. The Morgan fingerprint density at radius 1 is 0.963 bits per heavy atom. The molecule has 2 nitrogen and oxygen atoms in total. The summed E-state index contributed by atoms with van der Waals surface area (Å²) in [7, 11) is 0. The van der Waals surface area contributed by atoms with E-state index in [0.717, 1.165) is 19.4 Å². The molecule has 0 radical (unpaired) electrons. The van der Waals surface area contributed by atoms with Gasteiger partial charge in [0.05, 0.1) is 10.0 Å². The normalized spacial score (nSPS) is 18.7. The second-order valence-corrected chi connectivity index (χ2v) is 9.41. The molecule has 0 fully saturated rings. The van der Waals surface area contributed by atoms with Gasteiger partial charge in [-0.25, -0.2) is 0 Å². The van der Waals surface area contributed by atoms with Crippen LogP contribution in [0.1, 0.15) is 27.6 Å². The van der Waals surface area contributed by atoms with Crippen LogP contribution in [0.4, 0.5) is 0 Å². The average Bonchev–Trinajstić information content (AvgIpc) is 2.66. The summed E-state index contributed by atoms with van der Waals surface area (Å²) in [6, 6.07) is 21.9. The van der Waals surface area contributed by atoms with Crippen molar-refractivity contribution in [1.82, 2.24) is 0 Å². The lowest BCUT2D eigenvalue weighted by atomic mass is 9.96. The minimum absolute atomic E-state index is 0.0812. The van der Waals surface area contributed by atoms with Gasteiger partial charge in [-0.3, -0.25) is 4.79 Å². The molecule has 0 bridgehead atoms. The third-order valence-corrected chi connectivity index (χ3v) is 6.77. The highest BCUT2D eigenvalue weighted by atomic mass is 79.9. The number of benzene rings is 3. The number of thioether (sulfide) groups is 1. The van der Waals surface area contributed by atoms with Crippen LogP contribution in [0.2, 0.25) is 0 Å². The lowest BCUT2D eigenvalue weighted by Gasteiger charge is -2.33. The van der Waals surface area contributed by atoms with Gasteiger partial charge in [0.1, 0.15) is 17.1 Å². The van der Waals surface area contributed by atoms with Crippen LogP contribution in [0.25, 0.3) is 0 Å². The Labute approximate surface area is 179 Å². The molecule has 2 atom stereocenters. The van der Waals surface area contributed by atoms with Crippen LogP contribution in [0.15, 0.2) is 80.6 Å². The number of Topliss-reactive ketones (excluding diaryl/α,β-unsaturated/α-hetero) is 1. The maximum atomic E-state index is 13.4. The highest BCUT2D eigenvalue weighted by Crippen LogP contribution is 2.46. The van der Waals surface area contributed by atoms with Crippen molar-refractivity contribution >= 4 is 49.4 Å². The maximum absolute atomic E-state index is 13.4. The first-order chi connectivity index (χ1) is 13.0. The molecule has 0 aliphatic carbocycles. The molecule has 0 amide bonds. The Bertz CT molecular complexity index is 987. The van der Waals surface area contributed by atoms with Crippen molar-refractivity contribution in [3.63, 3.8) is 0 Å². The van der Waals surface area contributed by atoms with Crippen LogP contribution in [0.3, 0.4) is 0 Å². The van der Waals surface area contributed by atoms with Gasteiger partial charge in [-0.2, -0.15) is 0 Å². The fourth-order valence-corrected chi connectivity index (χ4v) is 5.58. The van der Waals surface area contributed by atoms with Gasteiger partial charge in [0.25, 0.3) is 0 Å². The van der Waals surface area contributed by atoms with E-state index in [1.165, 1.54) is 5.56 Å². The second kappa shape index (κ2) is 7.82. The summed E-state index contributed by atoms with van der Waals surface area (Å²) >= 11 is 8.57. The standard InChI is InChI=1S/C22H16Br2O2S/c1-13-7-9-16(10-8-13)27-22-19(25)17-11-15(23)12-18(24)21(17)26-20(22)14-5-3-2-4-6-14/h2-12,20,22H,1H3. The van der Waals surface area contributed by atoms with Crippen LogP contribution in [-0.4, -0.2) is 11.0 Å². The van der Waals surface area contributed by atoms with E-state index >= 15 is 0 Å². The van der Waals surface area contributed by atoms with Gasteiger partial charge < -0.3 is 4.74 Å². The van der Waals surface area contributed by atoms with Crippen molar-refractivity contribution in [3.05, 3.63) is 92.4 Å². The number of hydrogen-bond acceptors (Lipinski definition) is 3. The van der Waals surface area contributed by atoms with Crippen LogP contribution in [0, 0.1) is 6.92 Å². The van der Waals surface area contributed by atoms with Crippen molar-refractivity contribution in [1.29, 1.82) is 0 Å². The molecule has 0 N–H and O–H groups in total. The predicted octanol–water partition coefficient (Wildman–Crippen LogP) is 7.00. The van der Waals surface area contributed by atoms with Crippen molar-refractivity contribution in [2.24, 2.45) is 0 Å². The molecular weight excluding hydrogens is 488 g/mol. The van der Waals surface area contributed by atoms with E-state index in [1.54, 1.807) is 11.8 Å². The Balaban J connectivity index is 1.79. The Morgan fingerprint density at radius 3 is 2.37 bits per heavy atom. The van der Waals surface area contributed by atoms with Crippen LogP contribution < -0.4 is 4.74 Å². The van der Waals surface area contributed by atoms with E-state index in [1.807, 2.05) is 42.5 Å². The SMILES string of the molecule is Cc1ccc(SC2C(=O)c3cc(Br)cc(Br)c3OC2c2ccccc2)cc1. The van der Waals surface area contributed by atoms with Crippen molar-refractivity contribution in [2.45, 2.75) is 23.2 Å². The zero-order chi connectivity index (χ0) is 19.0. The Hall–Kier alpha value is -1.56. The summed E-state index contributed by atoms with van der Waals surface area (Å²) in [5.74, 6) is 0.690. The van der Waals surface area contributed by atoms with Gasteiger partial charge in [-0.15, -0.1) is 11.8 Å². The molecule has 0 saturated carbocycles. The average molecular weight is 504 g/mol. The van der Waals surface area contributed by atoms with Crippen LogP contribution >= 0.6 is 43.6 Å². The fraction of sp³-hybridized carbons (Fsp3) is 0.136. The summed E-state index contributed by atoms with van der Waals surface area (Å²) in [4.78, 5) is 14.5. The molecule has 4 rings (SSSR count). The van der Waals surface area contributed by atoms with Crippen molar-refractivity contribution in [3.8, 4) is 5.75 Å². The molecule has 5 heteroatoms. The molecular formula is C22H16Br2O2S. The van der Waals surface area contributed by atoms with Crippen molar-refractivity contribution < 1.29 is 9.53 Å². The topological polar surface area (TPSA) is 26.3 Å². The number of carbonyl (C=O) groups excluding carboxylic acids is 1. The van der Waals surface area contributed by atoms with Gasteiger partial charge in [0.15, 0.2) is 5.78 Å². The third kappa shape index (κ3) is 3.86. The molecule has 2 unspecified atom stereocenters. The Morgan fingerprint density at radius 2 is 1.67 bits per heavy atom. The molecule has 0 spiro atoms. The van der Waals surface area contributed by atoms with E-state index in [9.17, 15) is 4.79 Å². The number of halogens is 2. The van der Waals surface area contributed by atoms with Crippen LogP contribution in [0.5, 0.6) is 5.75 Å². The lowest BCUT2D eigenvalue weighted by molar-refractivity contribution is 0.0865. The first-order valence-corrected chi connectivity index (χ1v) is 11.0. The number of hydrogen-bond donors (Lipinski definition) is 0. The molecule has 3 aromatic carbocycles. The molecule has 27 heavy (non-hydrogen) atoms. The number of aryl methyl sites for hydroxylation is 1. The Kier molecular flexibility index (Phi) is 5.44. The lowest BCUT2D eigenvalue weighted by Crippen LogP contribution is -2.34. The van der Waals surface area contributed by atoms with Crippen LogP contribution in [-0.2, 0) is 0 Å². The van der Waals surface area contributed by atoms with Crippen molar-refractivity contribution in [2.75, 3.05) is 0 Å². The van der Waals surface area contributed by atoms with Gasteiger partial charge in [-0.05, 0) is 52.7 Å². The minimum atomic E-state index is -0.358. The molecule has 0 aromatic heterocycles. The molecule has 1 aliphatic heterocycles. The zero-order valence-corrected chi connectivity index (χ0v) is 18.5. The number of carbonyl (C=O) groups is 1.